The molecule has 0 atom stereocenters. The molecule has 0 saturated heterocycles. The number of hydrogen-bond donors (Lipinski definition) is 1. The van der Waals surface area contributed by atoms with Gasteiger partial charge in [-0.15, -0.1) is 0 Å². The summed E-state index contributed by atoms with van der Waals surface area (Å²) in [7, 11) is 1.71. The maximum absolute atomic E-state index is 5.32. The number of nitrogens with one attached hydrogen (secondary N) is 1. The summed E-state index contributed by atoms with van der Waals surface area (Å²) in [6.07, 6.45) is 6.62. The predicted molar refractivity (Wildman–Crippen MR) is 97.5 cm³/mol. The lowest BCUT2D eigenvalue weighted by Crippen LogP contribution is -2.07. The van der Waals surface area contributed by atoms with E-state index in [2.05, 4.69) is 58.2 Å². The summed E-state index contributed by atoms with van der Waals surface area (Å²) in [6, 6.07) is 14.7. The van der Waals surface area contributed by atoms with Gasteiger partial charge in [-0.2, -0.15) is 0 Å². The molecule has 1 N–H and O–H groups in total. The molecule has 24 heavy (non-hydrogen) atoms. The van der Waals surface area contributed by atoms with E-state index in [-0.39, 0.29) is 0 Å². The van der Waals surface area contributed by atoms with E-state index in [0.717, 1.165) is 30.9 Å². The van der Waals surface area contributed by atoms with Crippen molar-refractivity contribution in [2.24, 2.45) is 0 Å². The van der Waals surface area contributed by atoms with E-state index in [1.54, 1.807) is 13.3 Å². The first kappa shape index (κ1) is 16.1. The number of rotatable bonds is 7. The molecule has 0 spiro atoms. The van der Waals surface area contributed by atoms with Gasteiger partial charge in [0.05, 0.1) is 20.0 Å². The van der Waals surface area contributed by atoms with Gasteiger partial charge in [0.25, 0.3) is 0 Å². The second-order valence-electron chi connectivity index (χ2n) is 5.73. The standard InChI is InChI=1S/C20H23N3O/c1-3-16-12-19(24-2)9-8-17(16)13-22-20-7-5-4-6-18(20)14-23-11-10-21-15-23/h4-12,15,22H,3,13-14H2,1-2H3. The van der Waals surface area contributed by atoms with Gasteiger partial charge in [0, 0.05) is 24.6 Å². The van der Waals surface area contributed by atoms with E-state index in [1.807, 2.05) is 18.6 Å². The quantitative estimate of drug-likeness (QED) is 0.711. The van der Waals surface area contributed by atoms with Gasteiger partial charge >= 0.3 is 0 Å². The molecule has 0 aliphatic carbocycles. The zero-order valence-electron chi connectivity index (χ0n) is 14.2. The fourth-order valence-electron chi connectivity index (χ4n) is 2.83. The Morgan fingerprint density at radius 3 is 2.71 bits per heavy atom. The third-order valence-corrected chi connectivity index (χ3v) is 4.19. The first-order valence-corrected chi connectivity index (χ1v) is 8.23. The fraction of sp³-hybridized carbons (Fsp3) is 0.250. The molecule has 0 saturated carbocycles. The van der Waals surface area contributed by atoms with Crippen LogP contribution in [0.15, 0.2) is 61.2 Å². The topological polar surface area (TPSA) is 39.1 Å². The molecular weight excluding hydrogens is 298 g/mol. The summed E-state index contributed by atoms with van der Waals surface area (Å²) in [6.45, 7) is 3.78. The van der Waals surface area contributed by atoms with Gasteiger partial charge in [-0.3, -0.25) is 0 Å². The van der Waals surface area contributed by atoms with Crippen LogP contribution >= 0.6 is 0 Å². The molecule has 0 unspecified atom stereocenters. The van der Waals surface area contributed by atoms with Crippen LogP contribution in [0, 0.1) is 0 Å². The van der Waals surface area contributed by atoms with Crippen LogP contribution in [0.2, 0.25) is 0 Å². The molecule has 0 aliphatic heterocycles. The van der Waals surface area contributed by atoms with E-state index >= 15 is 0 Å². The van der Waals surface area contributed by atoms with Gasteiger partial charge in [0.1, 0.15) is 5.75 Å². The van der Waals surface area contributed by atoms with Crippen molar-refractivity contribution in [3.63, 3.8) is 0 Å². The monoisotopic (exact) mass is 321 g/mol. The van der Waals surface area contributed by atoms with E-state index in [9.17, 15) is 0 Å². The van der Waals surface area contributed by atoms with Crippen LogP contribution in [0.4, 0.5) is 5.69 Å². The summed E-state index contributed by atoms with van der Waals surface area (Å²) in [5, 5.41) is 3.58. The summed E-state index contributed by atoms with van der Waals surface area (Å²) in [5.41, 5.74) is 5.02. The molecule has 0 aliphatic rings. The lowest BCUT2D eigenvalue weighted by atomic mass is 10.0. The average molecular weight is 321 g/mol. The smallest absolute Gasteiger partial charge is 0.119 e. The van der Waals surface area contributed by atoms with Gasteiger partial charge in [-0.05, 0) is 41.3 Å². The van der Waals surface area contributed by atoms with Crippen LogP contribution in [0.3, 0.4) is 0 Å². The average Bonchev–Trinajstić information content (AvgIpc) is 3.14. The van der Waals surface area contributed by atoms with Crippen LogP contribution in [0.25, 0.3) is 0 Å². The molecule has 1 aromatic heterocycles. The van der Waals surface area contributed by atoms with Gasteiger partial charge < -0.3 is 14.6 Å². The highest BCUT2D eigenvalue weighted by Gasteiger charge is 2.06. The maximum atomic E-state index is 5.32. The highest BCUT2D eigenvalue weighted by Crippen LogP contribution is 2.21. The molecule has 0 amide bonds. The van der Waals surface area contributed by atoms with Crippen molar-refractivity contribution >= 4 is 5.69 Å². The van der Waals surface area contributed by atoms with Gasteiger partial charge in [0.15, 0.2) is 0 Å². The molecule has 1 heterocycles. The van der Waals surface area contributed by atoms with Crippen LogP contribution in [-0.2, 0) is 19.5 Å². The largest absolute Gasteiger partial charge is 0.497 e. The first-order chi connectivity index (χ1) is 11.8. The molecule has 0 fully saturated rings. The number of benzene rings is 2. The summed E-state index contributed by atoms with van der Waals surface area (Å²) >= 11 is 0. The van der Waals surface area contributed by atoms with E-state index in [0.29, 0.717) is 0 Å². The Kier molecular flexibility index (Phi) is 5.16. The molecule has 0 radical (unpaired) electrons. The minimum Gasteiger partial charge on any atom is -0.497 e. The van der Waals surface area contributed by atoms with Crippen molar-refractivity contribution < 1.29 is 4.74 Å². The SMILES string of the molecule is CCc1cc(OC)ccc1CNc1ccccc1Cn1ccnc1. The zero-order valence-corrected chi connectivity index (χ0v) is 14.2. The number of aromatic nitrogens is 2. The molecular formula is C20H23N3O. The van der Waals surface area contributed by atoms with Crippen LogP contribution in [-0.4, -0.2) is 16.7 Å². The number of ether oxygens (including phenoxy) is 1. The van der Waals surface area contributed by atoms with E-state index in [1.165, 1.54) is 16.7 Å². The number of aryl methyl sites for hydroxylation is 1. The van der Waals surface area contributed by atoms with Crippen molar-refractivity contribution in [3.05, 3.63) is 77.9 Å². The van der Waals surface area contributed by atoms with Crippen molar-refractivity contribution in [1.82, 2.24) is 9.55 Å². The highest BCUT2D eigenvalue weighted by atomic mass is 16.5. The highest BCUT2D eigenvalue weighted by molar-refractivity contribution is 5.52. The second-order valence-corrected chi connectivity index (χ2v) is 5.73. The molecule has 2 aromatic carbocycles. The molecule has 4 nitrogen and oxygen atoms in total. The van der Waals surface area contributed by atoms with E-state index < -0.39 is 0 Å². The zero-order chi connectivity index (χ0) is 16.8. The van der Waals surface area contributed by atoms with Gasteiger partial charge in [-0.25, -0.2) is 4.98 Å². The van der Waals surface area contributed by atoms with Crippen molar-refractivity contribution in [3.8, 4) is 5.75 Å². The fourth-order valence-corrected chi connectivity index (χ4v) is 2.83. The number of anilines is 1. The van der Waals surface area contributed by atoms with Gasteiger partial charge in [0.2, 0.25) is 0 Å². The molecule has 3 rings (SSSR count). The second kappa shape index (κ2) is 7.68. The Bertz CT molecular complexity index is 781. The number of para-hydroxylation sites is 1. The Morgan fingerprint density at radius 2 is 1.96 bits per heavy atom. The summed E-state index contributed by atoms with van der Waals surface area (Å²) < 4.78 is 7.40. The summed E-state index contributed by atoms with van der Waals surface area (Å²) in [5.74, 6) is 0.913. The minimum atomic E-state index is 0.800. The molecule has 3 aromatic rings. The van der Waals surface area contributed by atoms with Crippen LogP contribution in [0.1, 0.15) is 23.6 Å². The lowest BCUT2D eigenvalue weighted by molar-refractivity contribution is 0.414. The number of hydrogen-bond acceptors (Lipinski definition) is 3. The number of nitrogens with zero attached hydrogens (tertiary/aromatic N) is 2. The first-order valence-electron chi connectivity index (χ1n) is 8.23. The van der Waals surface area contributed by atoms with Crippen molar-refractivity contribution in [2.75, 3.05) is 12.4 Å². The lowest BCUT2D eigenvalue weighted by Gasteiger charge is -2.15. The van der Waals surface area contributed by atoms with Crippen LogP contribution in [0.5, 0.6) is 5.75 Å². The third-order valence-electron chi connectivity index (χ3n) is 4.19. The third kappa shape index (κ3) is 3.77. The molecule has 124 valence electrons. The van der Waals surface area contributed by atoms with Crippen molar-refractivity contribution in [1.29, 1.82) is 0 Å². The van der Waals surface area contributed by atoms with Gasteiger partial charge in [-0.1, -0.05) is 31.2 Å². The Balaban J connectivity index is 1.75. The van der Waals surface area contributed by atoms with E-state index in [4.69, 9.17) is 4.74 Å². The minimum absolute atomic E-state index is 0.800. The number of imidazole rings is 1. The normalized spacial score (nSPS) is 10.6. The summed E-state index contributed by atoms with van der Waals surface area (Å²) in [4.78, 5) is 4.11. The number of methoxy groups -OCH3 is 1. The van der Waals surface area contributed by atoms with Crippen molar-refractivity contribution in [2.45, 2.75) is 26.4 Å². The van der Waals surface area contributed by atoms with Crippen LogP contribution < -0.4 is 10.1 Å². The molecule has 4 heteroatoms. The maximum Gasteiger partial charge on any atom is 0.119 e. The Labute approximate surface area is 143 Å². The Hall–Kier alpha value is -2.75. The molecule has 0 bridgehead atoms. The Morgan fingerprint density at radius 1 is 1.08 bits per heavy atom. The predicted octanol–water partition coefficient (Wildman–Crippen LogP) is 4.11.